The number of methoxy groups -OCH3 is 1. The molecule has 1 N–H and O–H groups in total. The molecular weight excluding hydrogens is 462 g/mol. The van der Waals surface area contributed by atoms with Gasteiger partial charge in [-0.3, -0.25) is 14.5 Å². The van der Waals surface area contributed by atoms with Crippen LogP contribution in [0.5, 0.6) is 17.2 Å². The first-order chi connectivity index (χ1) is 17.5. The molecule has 2 fully saturated rings. The average Bonchev–Trinajstić information content (AvgIpc) is 3.39. The Labute approximate surface area is 210 Å². The Morgan fingerprint density at radius 1 is 1.08 bits per heavy atom. The van der Waals surface area contributed by atoms with Crippen LogP contribution in [-0.4, -0.2) is 61.1 Å². The Bertz CT molecular complexity index is 1170. The molecule has 3 aliphatic heterocycles. The largest absolute Gasteiger partial charge is 0.497 e. The fourth-order valence-electron chi connectivity index (χ4n) is 5.31. The summed E-state index contributed by atoms with van der Waals surface area (Å²) in [6.07, 6.45) is 2.82. The SMILES string of the molecule is CC[C@]1(c2ccc(OC)cc2)NC(=O)N(CC(=O)N2CCC[C@@H]2c2ccc3c(c2)OCCCO3)C1=O. The van der Waals surface area contributed by atoms with Crippen LogP contribution in [0.1, 0.15) is 49.8 Å². The smallest absolute Gasteiger partial charge is 0.325 e. The summed E-state index contributed by atoms with van der Waals surface area (Å²) >= 11 is 0. The molecule has 3 aliphatic rings. The van der Waals surface area contributed by atoms with Crippen molar-refractivity contribution in [2.75, 3.05) is 33.4 Å². The summed E-state index contributed by atoms with van der Waals surface area (Å²) in [6, 6.07) is 12.1. The zero-order valence-corrected chi connectivity index (χ0v) is 20.6. The van der Waals surface area contributed by atoms with Gasteiger partial charge in [0.1, 0.15) is 17.8 Å². The van der Waals surface area contributed by atoms with Crippen LogP contribution in [0, 0.1) is 0 Å². The number of hydrogen-bond donors (Lipinski definition) is 1. The van der Waals surface area contributed by atoms with Crippen molar-refractivity contribution >= 4 is 17.8 Å². The number of rotatable bonds is 6. The number of nitrogens with zero attached hydrogens (tertiary/aromatic N) is 2. The van der Waals surface area contributed by atoms with Gasteiger partial charge in [0, 0.05) is 13.0 Å². The minimum Gasteiger partial charge on any atom is -0.497 e. The van der Waals surface area contributed by atoms with E-state index < -0.39 is 17.5 Å². The summed E-state index contributed by atoms with van der Waals surface area (Å²) in [4.78, 5) is 42.7. The molecule has 5 rings (SSSR count). The molecule has 2 atom stereocenters. The van der Waals surface area contributed by atoms with Crippen molar-refractivity contribution in [1.29, 1.82) is 0 Å². The number of fused-ring (bicyclic) bond motifs is 1. The van der Waals surface area contributed by atoms with Gasteiger partial charge in [-0.25, -0.2) is 4.79 Å². The Morgan fingerprint density at radius 2 is 1.83 bits per heavy atom. The highest BCUT2D eigenvalue weighted by Crippen LogP contribution is 2.39. The predicted octanol–water partition coefficient (Wildman–Crippen LogP) is 3.38. The van der Waals surface area contributed by atoms with E-state index in [1.54, 1.807) is 36.3 Å². The molecule has 3 heterocycles. The van der Waals surface area contributed by atoms with Crippen LogP contribution in [-0.2, 0) is 15.1 Å². The molecular formula is C27H31N3O6. The molecule has 0 aromatic heterocycles. The molecule has 0 unspecified atom stereocenters. The van der Waals surface area contributed by atoms with E-state index in [1.165, 1.54) is 0 Å². The normalized spacial score (nSPS) is 23.4. The summed E-state index contributed by atoms with van der Waals surface area (Å²) in [5.74, 6) is 1.38. The molecule has 0 spiro atoms. The first-order valence-electron chi connectivity index (χ1n) is 12.4. The second-order valence-electron chi connectivity index (χ2n) is 9.31. The van der Waals surface area contributed by atoms with E-state index >= 15 is 0 Å². The van der Waals surface area contributed by atoms with E-state index in [-0.39, 0.29) is 18.5 Å². The average molecular weight is 494 g/mol. The first-order valence-corrected chi connectivity index (χ1v) is 12.4. The lowest BCUT2D eigenvalue weighted by molar-refractivity contribution is -0.139. The number of likely N-dealkylation sites (tertiary alicyclic amines) is 1. The number of carbonyl (C=O) groups is 3. The fraction of sp³-hybridized carbons (Fsp3) is 0.444. The van der Waals surface area contributed by atoms with Crippen LogP contribution >= 0.6 is 0 Å². The van der Waals surface area contributed by atoms with Crippen LogP contribution in [0.2, 0.25) is 0 Å². The zero-order chi connectivity index (χ0) is 25.3. The van der Waals surface area contributed by atoms with E-state index in [2.05, 4.69) is 5.32 Å². The molecule has 9 heteroatoms. The van der Waals surface area contributed by atoms with Crippen LogP contribution in [0.15, 0.2) is 42.5 Å². The number of imide groups is 1. The third-order valence-electron chi connectivity index (χ3n) is 7.31. The molecule has 2 aromatic rings. The third-order valence-corrected chi connectivity index (χ3v) is 7.31. The van der Waals surface area contributed by atoms with Gasteiger partial charge >= 0.3 is 6.03 Å². The number of carbonyl (C=O) groups excluding carboxylic acids is 3. The van der Waals surface area contributed by atoms with Crippen LogP contribution in [0.4, 0.5) is 4.79 Å². The number of ether oxygens (including phenoxy) is 3. The lowest BCUT2D eigenvalue weighted by Gasteiger charge is -2.28. The Hall–Kier alpha value is -3.75. The molecule has 190 valence electrons. The van der Waals surface area contributed by atoms with Gasteiger partial charge in [-0.1, -0.05) is 25.1 Å². The monoisotopic (exact) mass is 493 g/mol. The molecule has 2 saturated heterocycles. The molecule has 0 saturated carbocycles. The van der Waals surface area contributed by atoms with E-state index in [4.69, 9.17) is 14.2 Å². The number of nitrogens with one attached hydrogen (secondary N) is 1. The zero-order valence-electron chi connectivity index (χ0n) is 20.6. The van der Waals surface area contributed by atoms with Gasteiger partial charge in [0.2, 0.25) is 5.91 Å². The van der Waals surface area contributed by atoms with Gasteiger partial charge in [-0.15, -0.1) is 0 Å². The third kappa shape index (κ3) is 4.12. The van der Waals surface area contributed by atoms with Crippen LogP contribution in [0.3, 0.4) is 0 Å². The summed E-state index contributed by atoms with van der Waals surface area (Å²) in [5.41, 5.74) is 0.413. The second kappa shape index (κ2) is 9.72. The molecule has 0 radical (unpaired) electrons. The summed E-state index contributed by atoms with van der Waals surface area (Å²) in [7, 11) is 1.57. The van der Waals surface area contributed by atoms with Crippen LogP contribution < -0.4 is 19.5 Å². The Balaban J connectivity index is 1.34. The topological polar surface area (TPSA) is 97.4 Å². The Morgan fingerprint density at radius 3 is 2.56 bits per heavy atom. The summed E-state index contributed by atoms with van der Waals surface area (Å²) in [6.45, 7) is 3.31. The molecule has 2 aromatic carbocycles. The maximum Gasteiger partial charge on any atom is 0.325 e. The highest BCUT2D eigenvalue weighted by atomic mass is 16.5. The lowest BCUT2D eigenvalue weighted by Crippen LogP contribution is -2.45. The minimum absolute atomic E-state index is 0.145. The van der Waals surface area contributed by atoms with Gasteiger partial charge in [-0.05, 0) is 54.7 Å². The molecule has 36 heavy (non-hydrogen) atoms. The number of hydrogen-bond acceptors (Lipinski definition) is 6. The standard InChI is InChI=1S/C27H31N3O6/c1-3-27(19-8-10-20(34-2)11-9-19)25(32)30(26(33)28-27)17-24(31)29-13-4-6-21(29)18-7-12-22-23(16-18)36-15-5-14-35-22/h7-12,16,21H,3-6,13-15,17H2,1-2H3,(H,28,33)/t21-,27-/m1/s1. The van der Waals surface area contributed by atoms with Crippen LogP contribution in [0.25, 0.3) is 0 Å². The summed E-state index contributed by atoms with van der Waals surface area (Å²) in [5, 5.41) is 2.85. The van der Waals surface area contributed by atoms with Crippen molar-refractivity contribution in [3.63, 3.8) is 0 Å². The fourth-order valence-corrected chi connectivity index (χ4v) is 5.31. The van der Waals surface area contributed by atoms with Crippen molar-refractivity contribution in [3.05, 3.63) is 53.6 Å². The van der Waals surface area contributed by atoms with Crippen molar-refractivity contribution < 1.29 is 28.6 Å². The number of urea groups is 1. The maximum absolute atomic E-state index is 13.5. The molecule has 4 amide bonds. The predicted molar refractivity (Wildman–Crippen MR) is 131 cm³/mol. The highest BCUT2D eigenvalue weighted by Gasteiger charge is 2.52. The quantitative estimate of drug-likeness (QED) is 0.620. The second-order valence-corrected chi connectivity index (χ2v) is 9.31. The van der Waals surface area contributed by atoms with E-state index in [9.17, 15) is 14.4 Å². The number of amides is 4. The maximum atomic E-state index is 13.5. The van der Waals surface area contributed by atoms with Crippen molar-refractivity contribution in [2.24, 2.45) is 0 Å². The molecule has 9 nitrogen and oxygen atoms in total. The van der Waals surface area contributed by atoms with E-state index in [0.717, 1.165) is 29.7 Å². The molecule has 0 aliphatic carbocycles. The van der Waals surface area contributed by atoms with E-state index in [1.807, 2.05) is 25.1 Å². The van der Waals surface area contributed by atoms with Gasteiger partial charge < -0.3 is 24.4 Å². The minimum atomic E-state index is -1.21. The van der Waals surface area contributed by atoms with Gasteiger partial charge in [-0.2, -0.15) is 0 Å². The van der Waals surface area contributed by atoms with Gasteiger partial charge in [0.05, 0.1) is 26.4 Å². The van der Waals surface area contributed by atoms with Gasteiger partial charge in [0.25, 0.3) is 5.91 Å². The van der Waals surface area contributed by atoms with Crippen molar-refractivity contribution in [2.45, 2.75) is 44.2 Å². The first kappa shape index (κ1) is 24.0. The Kier molecular flexibility index (Phi) is 6.47. The highest BCUT2D eigenvalue weighted by molar-refractivity contribution is 6.09. The molecule has 0 bridgehead atoms. The van der Waals surface area contributed by atoms with E-state index in [0.29, 0.717) is 49.0 Å². The lowest BCUT2D eigenvalue weighted by atomic mass is 9.87. The van der Waals surface area contributed by atoms with Gasteiger partial charge in [0.15, 0.2) is 11.5 Å². The van der Waals surface area contributed by atoms with Crippen molar-refractivity contribution in [3.8, 4) is 17.2 Å². The summed E-state index contributed by atoms with van der Waals surface area (Å²) < 4.78 is 16.8. The number of benzene rings is 2. The van der Waals surface area contributed by atoms with Crippen molar-refractivity contribution in [1.82, 2.24) is 15.1 Å².